The first-order valence-electron chi connectivity index (χ1n) is 5.56. The molecule has 4 amide bonds. The summed E-state index contributed by atoms with van der Waals surface area (Å²) in [4.78, 5) is 44.5. The van der Waals surface area contributed by atoms with Gasteiger partial charge in [-0.1, -0.05) is 0 Å². The molecule has 1 unspecified atom stereocenters. The zero-order valence-electron chi connectivity index (χ0n) is 10.6. The SMILES string of the molecule is CC(CCC(=O)O)NC(=O)N(CC(N)=O)CC(N)=O. The van der Waals surface area contributed by atoms with Crippen molar-refractivity contribution < 1.29 is 24.3 Å². The Balaban J connectivity index is 4.41. The molecule has 1 atom stereocenters. The van der Waals surface area contributed by atoms with Crippen molar-refractivity contribution in [2.45, 2.75) is 25.8 Å². The van der Waals surface area contributed by atoms with Gasteiger partial charge in [0.25, 0.3) is 0 Å². The molecule has 0 rings (SSSR count). The predicted octanol–water partition coefficient (Wildman–Crippen LogP) is -1.78. The third-order valence-corrected chi connectivity index (χ3v) is 2.14. The average Bonchev–Trinajstić information content (AvgIpc) is 2.24. The highest BCUT2D eigenvalue weighted by atomic mass is 16.4. The standard InChI is InChI=1S/C10H18N4O5/c1-6(2-3-9(17)18)13-10(19)14(4-7(11)15)5-8(12)16/h6H,2-5H2,1H3,(H2,11,15)(H2,12,16)(H,13,19)(H,17,18). The van der Waals surface area contributed by atoms with E-state index in [1.54, 1.807) is 6.92 Å². The van der Waals surface area contributed by atoms with Gasteiger partial charge in [0, 0.05) is 12.5 Å². The molecular weight excluding hydrogens is 256 g/mol. The largest absolute Gasteiger partial charge is 0.481 e. The van der Waals surface area contributed by atoms with Crippen LogP contribution in [0.4, 0.5) is 4.79 Å². The van der Waals surface area contributed by atoms with E-state index in [1.807, 2.05) is 0 Å². The molecule has 0 saturated carbocycles. The van der Waals surface area contributed by atoms with Gasteiger partial charge in [0.2, 0.25) is 11.8 Å². The monoisotopic (exact) mass is 274 g/mol. The average molecular weight is 274 g/mol. The van der Waals surface area contributed by atoms with Crippen molar-refractivity contribution in [3.8, 4) is 0 Å². The molecule has 0 aromatic carbocycles. The number of carbonyl (C=O) groups excluding carboxylic acids is 3. The molecule has 0 aliphatic heterocycles. The maximum Gasteiger partial charge on any atom is 0.318 e. The van der Waals surface area contributed by atoms with Crippen molar-refractivity contribution in [3.05, 3.63) is 0 Å². The number of carboxylic acid groups (broad SMARTS) is 1. The normalized spacial score (nSPS) is 11.4. The lowest BCUT2D eigenvalue weighted by Gasteiger charge is -2.22. The second-order valence-corrected chi connectivity index (χ2v) is 4.07. The van der Waals surface area contributed by atoms with Gasteiger partial charge in [0.1, 0.15) is 13.1 Å². The van der Waals surface area contributed by atoms with Crippen molar-refractivity contribution >= 4 is 23.8 Å². The molecule has 108 valence electrons. The topological polar surface area (TPSA) is 156 Å². The Morgan fingerprint density at radius 1 is 1.16 bits per heavy atom. The minimum absolute atomic E-state index is 0.104. The first kappa shape index (κ1) is 16.7. The number of primary amides is 2. The van der Waals surface area contributed by atoms with Crippen molar-refractivity contribution in [2.24, 2.45) is 11.5 Å². The van der Waals surface area contributed by atoms with Crippen LogP contribution in [0.25, 0.3) is 0 Å². The van der Waals surface area contributed by atoms with Crippen molar-refractivity contribution in [1.82, 2.24) is 10.2 Å². The fourth-order valence-corrected chi connectivity index (χ4v) is 1.29. The van der Waals surface area contributed by atoms with Gasteiger partial charge >= 0.3 is 12.0 Å². The van der Waals surface area contributed by atoms with E-state index in [0.29, 0.717) is 0 Å². The molecule has 0 fully saturated rings. The summed E-state index contributed by atoms with van der Waals surface area (Å²) in [6.07, 6.45) is 0.120. The van der Waals surface area contributed by atoms with E-state index in [4.69, 9.17) is 16.6 Å². The Labute approximate surface area is 109 Å². The van der Waals surface area contributed by atoms with Gasteiger partial charge in [-0.3, -0.25) is 14.4 Å². The number of hydrogen-bond acceptors (Lipinski definition) is 4. The smallest absolute Gasteiger partial charge is 0.318 e. The molecular formula is C10H18N4O5. The minimum atomic E-state index is -0.979. The van der Waals surface area contributed by atoms with E-state index < -0.39 is 42.9 Å². The Morgan fingerprint density at radius 2 is 1.63 bits per heavy atom. The summed E-state index contributed by atoms with van der Waals surface area (Å²) in [5.74, 6) is -2.54. The molecule has 0 radical (unpaired) electrons. The Kier molecular flexibility index (Phi) is 6.94. The lowest BCUT2D eigenvalue weighted by atomic mass is 10.2. The predicted molar refractivity (Wildman–Crippen MR) is 64.8 cm³/mol. The van der Waals surface area contributed by atoms with E-state index in [0.717, 1.165) is 4.90 Å². The van der Waals surface area contributed by atoms with Gasteiger partial charge in [0.05, 0.1) is 0 Å². The Bertz CT molecular complexity index is 355. The van der Waals surface area contributed by atoms with E-state index in [2.05, 4.69) is 5.32 Å². The zero-order chi connectivity index (χ0) is 15.0. The number of rotatable bonds is 8. The van der Waals surface area contributed by atoms with Crippen LogP contribution in [-0.4, -0.2) is 53.0 Å². The summed E-state index contributed by atoms with van der Waals surface area (Å²) in [7, 11) is 0. The summed E-state index contributed by atoms with van der Waals surface area (Å²) in [5, 5.41) is 11.0. The highest BCUT2D eigenvalue weighted by Crippen LogP contribution is 1.98. The maximum atomic E-state index is 11.7. The van der Waals surface area contributed by atoms with E-state index >= 15 is 0 Å². The molecule has 0 aromatic rings. The van der Waals surface area contributed by atoms with Crippen molar-refractivity contribution in [3.63, 3.8) is 0 Å². The van der Waals surface area contributed by atoms with E-state index in [1.165, 1.54) is 0 Å². The van der Waals surface area contributed by atoms with Gasteiger partial charge in [0.15, 0.2) is 0 Å². The lowest BCUT2D eigenvalue weighted by Crippen LogP contribution is -2.50. The third-order valence-electron chi connectivity index (χ3n) is 2.14. The van der Waals surface area contributed by atoms with Crippen molar-refractivity contribution in [2.75, 3.05) is 13.1 Å². The number of urea groups is 1. The molecule has 0 saturated heterocycles. The number of hydrogen-bond donors (Lipinski definition) is 4. The number of nitrogens with one attached hydrogen (secondary N) is 1. The number of carbonyl (C=O) groups is 4. The van der Waals surface area contributed by atoms with Gasteiger partial charge < -0.3 is 26.8 Å². The molecule has 0 heterocycles. The second-order valence-electron chi connectivity index (χ2n) is 4.07. The quantitative estimate of drug-likeness (QED) is 0.411. The Morgan fingerprint density at radius 3 is 2.00 bits per heavy atom. The van der Waals surface area contributed by atoms with E-state index in [9.17, 15) is 19.2 Å². The third kappa shape index (κ3) is 8.41. The van der Waals surface area contributed by atoms with Crippen LogP contribution >= 0.6 is 0 Å². The molecule has 0 aromatic heterocycles. The molecule has 9 nitrogen and oxygen atoms in total. The number of carboxylic acids is 1. The number of amides is 4. The van der Waals surface area contributed by atoms with Crippen molar-refractivity contribution in [1.29, 1.82) is 0 Å². The van der Waals surface area contributed by atoms with Crippen LogP contribution in [0.5, 0.6) is 0 Å². The van der Waals surface area contributed by atoms with Gasteiger partial charge in [-0.15, -0.1) is 0 Å². The minimum Gasteiger partial charge on any atom is -0.481 e. The lowest BCUT2D eigenvalue weighted by molar-refractivity contribution is -0.137. The van der Waals surface area contributed by atoms with Gasteiger partial charge in [-0.25, -0.2) is 4.79 Å². The number of nitrogens with two attached hydrogens (primary N) is 2. The molecule has 0 aliphatic rings. The highest BCUT2D eigenvalue weighted by Gasteiger charge is 2.19. The summed E-state index contributed by atoms with van der Waals surface area (Å²) in [5.41, 5.74) is 9.89. The molecule has 9 heteroatoms. The van der Waals surface area contributed by atoms with Crippen LogP contribution < -0.4 is 16.8 Å². The first-order chi connectivity index (χ1) is 8.72. The molecule has 0 bridgehead atoms. The van der Waals surface area contributed by atoms with Crippen LogP contribution in [-0.2, 0) is 14.4 Å². The molecule has 0 aliphatic carbocycles. The van der Waals surface area contributed by atoms with E-state index in [-0.39, 0.29) is 12.8 Å². The first-order valence-corrected chi connectivity index (χ1v) is 5.56. The fourth-order valence-electron chi connectivity index (χ4n) is 1.29. The van der Waals surface area contributed by atoms with Gasteiger partial charge in [-0.05, 0) is 13.3 Å². The maximum absolute atomic E-state index is 11.7. The van der Waals surface area contributed by atoms with Crippen LogP contribution in [0.1, 0.15) is 19.8 Å². The Hall–Kier alpha value is -2.32. The fraction of sp³-hybridized carbons (Fsp3) is 0.600. The highest BCUT2D eigenvalue weighted by molar-refractivity contribution is 5.87. The van der Waals surface area contributed by atoms with Crippen LogP contribution in [0.2, 0.25) is 0 Å². The number of aliphatic carboxylic acids is 1. The molecule has 19 heavy (non-hydrogen) atoms. The van der Waals surface area contributed by atoms with Crippen LogP contribution in [0.3, 0.4) is 0 Å². The molecule has 6 N–H and O–H groups in total. The summed E-state index contributed by atoms with van der Waals surface area (Å²) < 4.78 is 0. The summed E-state index contributed by atoms with van der Waals surface area (Å²) in [6.45, 7) is 0.717. The summed E-state index contributed by atoms with van der Waals surface area (Å²) >= 11 is 0. The zero-order valence-corrected chi connectivity index (χ0v) is 10.6. The summed E-state index contributed by atoms with van der Waals surface area (Å²) in [6, 6.07) is -1.12. The van der Waals surface area contributed by atoms with Gasteiger partial charge in [-0.2, -0.15) is 0 Å². The van der Waals surface area contributed by atoms with Crippen LogP contribution in [0, 0.1) is 0 Å². The molecule has 0 spiro atoms. The number of nitrogens with zero attached hydrogens (tertiary/aromatic N) is 1. The van der Waals surface area contributed by atoms with Crippen LogP contribution in [0.15, 0.2) is 0 Å². The second kappa shape index (κ2) is 7.90.